The number of hydrogen-bond donors (Lipinski definition) is 2. The highest BCUT2D eigenvalue weighted by molar-refractivity contribution is 6.30. The molecule has 0 aromatic heterocycles. The van der Waals surface area contributed by atoms with Gasteiger partial charge in [-0.05, 0) is 67.3 Å². The maximum absolute atomic E-state index is 13.0. The zero-order valence-corrected chi connectivity index (χ0v) is 19.9. The molecule has 0 saturated heterocycles. The predicted molar refractivity (Wildman–Crippen MR) is 137 cm³/mol. The van der Waals surface area contributed by atoms with Gasteiger partial charge in [0.2, 0.25) is 5.96 Å². The van der Waals surface area contributed by atoms with Gasteiger partial charge in [-0.3, -0.25) is 10.1 Å². The molecule has 3 aromatic carbocycles. The zero-order valence-electron chi connectivity index (χ0n) is 18.4. The van der Waals surface area contributed by atoms with Crippen LogP contribution in [0.2, 0.25) is 10.0 Å². The lowest BCUT2D eigenvalue weighted by Gasteiger charge is -2.12. The van der Waals surface area contributed by atoms with E-state index in [-0.39, 0.29) is 11.9 Å². The van der Waals surface area contributed by atoms with E-state index >= 15 is 0 Å². The van der Waals surface area contributed by atoms with E-state index in [4.69, 9.17) is 23.2 Å². The van der Waals surface area contributed by atoms with Gasteiger partial charge in [0.15, 0.2) is 0 Å². The maximum Gasteiger partial charge on any atom is 0.258 e. The highest BCUT2D eigenvalue weighted by atomic mass is 35.5. The SMILES string of the molecule is Cc1cc(C)c(C(=O)N/C(=N/N=C/c2ccc(Cl)cc2)N/N=C/c2ccc(Cl)cc2)c(C)c1. The third kappa shape index (κ3) is 7.27. The van der Waals surface area contributed by atoms with Crippen molar-refractivity contribution >= 4 is 47.5 Å². The topological polar surface area (TPSA) is 78.2 Å². The molecule has 0 unspecified atom stereocenters. The van der Waals surface area contributed by atoms with Crippen molar-refractivity contribution < 1.29 is 4.79 Å². The van der Waals surface area contributed by atoms with E-state index in [1.807, 2.05) is 57.2 Å². The van der Waals surface area contributed by atoms with E-state index in [1.54, 1.807) is 36.7 Å². The molecule has 3 aromatic rings. The molecule has 0 bridgehead atoms. The number of hydrogen-bond acceptors (Lipinski definition) is 4. The van der Waals surface area contributed by atoms with Crippen LogP contribution in [0.1, 0.15) is 38.2 Å². The van der Waals surface area contributed by atoms with Gasteiger partial charge in [-0.15, -0.1) is 5.10 Å². The second-order valence-corrected chi connectivity index (χ2v) is 8.27. The first-order valence-corrected chi connectivity index (χ1v) is 10.9. The minimum Gasteiger partial charge on any atom is -0.289 e. The summed E-state index contributed by atoms with van der Waals surface area (Å²) in [4.78, 5) is 13.0. The standard InChI is InChI=1S/C25H23Cl2N5O/c1-16-12-17(2)23(18(3)13-16)24(33)30-25(31-28-14-19-4-8-21(26)9-5-19)32-29-15-20-6-10-22(27)11-7-20/h4-15H,1-3H3,(H2,30,31,32,33)/b28-14+,29-15+. The van der Waals surface area contributed by atoms with Crippen molar-refractivity contribution in [2.24, 2.45) is 15.3 Å². The molecule has 33 heavy (non-hydrogen) atoms. The molecule has 0 aliphatic rings. The number of guanidine groups is 1. The first-order valence-electron chi connectivity index (χ1n) is 10.1. The van der Waals surface area contributed by atoms with Gasteiger partial charge in [-0.2, -0.15) is 10.2 Å². The minimum atomic E-state index is -0.306. The molecular weight excluding hydrogens is 457 g/mol. The number of carbonyl (C=O) groups excluding carboxylic acids is 1. The smallest absolute Gasteiger partial charge is 0.258 e. The molecule has 0 radical (unpaired) electrons. The fraction of sp³-hybridized carbons (Fsp3) is 0.120. The predicted octanol–water partition coefficient (Wildman–Crippen LogP) is 5.66. The van der Waals surface area contributed by atoms with Crippen molar-refractivity contribution in [3.05, 3.63) is 104 Å². The van der Waals surface area contributed by atoms with Crippen molar-refractivity contribution in [1.82, 2.24) is 10.7 Å². The average Bonchev–Trinajstić information content (AvgIpc) is 2.75. The van der Waals surface area contributed by atoms with Crippen LogP contribution in [0.3, 0.4) is 0 Å². The molecule has 0 aliphatic carbocycles. The van der Waals surface area contributed by atoms with Crippen molar-refractivity contribution in [3.63, 3.8) is 0 Å². The molecule has 168 valence electrons. The van der Waals surface area contributed by atoms with Crippen LogP contribution in [0.4, 0.5) is 0 Å². The molecule has 1 amide bonds. The maximum atomic E-state index is 13.0. The molecule has 0 atom stereocenters. The molecular formula is C25H23Cl2N5O. The van der Waals surface area contributed by atoms with Crippen LogP contribution < -0.4 is 10.7 Å². The molecule has 8 heteroatoms. The molecule has 0 aliphatic heterocycles. The fourth-order valence-corrected chi connectivity index (χ4v) is 3.45. The highest BCUT2D eigenvalue weighted by Gasteiger charge is 2.14. The van der Waals surface area contributed by atoms with Crippen LogP contribution in [0.15, 0.2) is 76.0 Å². The normalized spacial score (nSPS) is 11.8. The van der Waals surface area contributed by atoms with Crippen LogP contribution in [-0.4, -0.2) is 24.3 Å². The Bertz CT molecular complexity index is 1190. The van der Waals surface area contributed by atoms with Gasteiger partial charge in [-0.1, -0.05) is 65.2 Å². The van der Waals surface area contributed by atoms with E-state index < -0.39 is 0 Å². The average molecular weight is 480 g/mol. The molecule has 0 fully saturated rings. The Morgan fingerprint density at radius 1 is 0.818 bits per heavy atom. The molecule has 3 rings (SSSR count). The Balaban J connectivity index is 1.81. The number of nitrogens with zero attached hydrogens (tertiary/aromatic N) is 3. The second-order valence-electron chi connectivity index (χ2n) is 7.39. The summed E-state index contributed by atoms with van der Waals surface area (Å²) in [6.45, 7) is 5.79. The molecule has 0 spiro atoms. The monoisotopic (exact) mass is 479 g/mol. The molecule has 2 N–H and O–H groups in total. The Morgan fingerprint density at radius 3 is 1.88 bits per heavy atom. The first-order chi connectivity index (χ1) is 15.8. The van der Waals surface area contributed by atoms with Crippen LogP contribution in [0, 0.1) is 20.8 Å². The summed E-state index contributed by atoms with van der Waals surface area (Å²) < 4.78 is 0. The molecule has 0 saturated carbocycles. The Morgan fingerprint density at radius 2 is 1.33 bits per heavy atom. The Hall–Kier alpha value is -3.48. The fourth-order valence-electron chi connectivity index (χ4n) is 3.20. The number of nitrogens with one attached hydrogen (secondary N) is 2. The zero-order chi connectivity index (χ0) is 23.8. The van der Waals surface area contributed by atoms with Crippen LogP contribution in [0.25, 0.3) is 0 Å². The summed E-state index contributed by atoms with van der Waals surface area (Å²) in [5, 5.41) is 16.3. The summed E-state index contributed by atoms with van der Waals surface area (Å²) in [7, 11) is 0. The van der Waals surface area contributed by atoms with E-state index in [2.05, 4.69) is 26.0 Å². The summed E-state index contributed by atoms with van der Waals surface area (Å²) in [6.07, 6.45) is 3.14. The first kappa shape index (κ1) is 24.2. The number of rotatable bonds is 5. The van der Waals surface area contributed by atoms with Gasteiger partial charge < -0.3 is 0 Å². The summed E-state index contributed by atoms with van der Waals surface area (Å²) in [5.74, 6) is -0.227. The number of hydrazone groups is 1. The van der Waals surface area contributed by atoms with E-state index in [9.17, 15) is 4.79 Å². The van der Waals surface area contributed by atoms with Gasteiger partial charge >= 0.3 is 0 Å². The number of halogens is 2. The number of benzene rings is 3. The van der Waals surface area contributed by atoms with Crippen LogP contribution >= 0.6 is 23.2 Å². The van der Waals surface area contributed by atoms with E-state index in [1.165, 1.54) is 0 Å². The summed E-state index contributed by atoms with van der Waals surface area (Å²) in [6, 6.07) is 18.2. The van der Waals surface area contributed by atoms with Crippen LogP contribution in [0.5, 0.6) is 0 Å². The second kappa shape index (κ2) is 11.4. The van der Waals surface area contributed by atoms with Crippen molar-refractivity contribution in [2.45, 2.75) is 20.8 Å². The number of aryl methyl sites for hydroxylation is 3. The Labute approximate surface area is 203 Å². The third-order valence-corrected chi connectivity index (χ3v) is 5.13. The lowest BCUT2D eigenvalue weighted by molar-refractivity contribution is 0.0974. The van der Waals surface area contributed by atoms with Gasteiger partial charge in [0.1, 0.15) is 0 Å². The van der Waals surface area contributed by atoms with Gasteiger partial charge in [0.25, 0.3) is 5.91 Å². The van der Waals surface area contributed by atoms with Gasteiger partial charge in [0, 0.05) is 15.6 Å². The largest absolute Gasteiger partial charge is 0.289 e. The van der Waals surface area contributed by atoms with Crippen LogP contribution in [-0.2, 0) is 0 Å². The highest BCUT2D eigenvalue weighted by Crippen LogP contribution is 2.16. The van der Waals surface area contributed by atoms with Gasteiger partial charge in [0.05, 0.1) is 12.4 Å². The number of amides is 1. The van der Waals surface area contributed by atoms with E-state index in [0.29, 0.717) is 15.6 Å². The van der Waals surface area contributed by atoms with Gasteiger partial charge in [-0.25, -0.2) is 5.43 Å². The summed E-state index contributed by atoms with van der Waals surface area (Å²) in [5.41, 5.74) is 7.81. The van der Waals surface area contributed by atoms with E-state index in [0.717, 1.165) is 27.8 Å². The van der Waals surface area contributed by atoms with Crippen molar-refractivity contribution in [3.8, 4) is 0 Å². The summed E-state index contributed by atoms with van der Waals surface area (Å²) >= 11 is 11.8. The van der Waals surface area contributed by atoms with Crippen molar-refractivity contribution in [2.75, 3.05) is 0 Å². The molecule has 6 nitrogen and oxygen atoms in total. The third-order valence-electron chi connectivity index (χ3n) is 4.62. The molecule has 0 heterocycles. The van der Waals surface area contributed by atoms with Crippen molar-refractivity contribution in [1.29, 1.82) is 0 Å². The Kier molecular flexibility index (Phi) is 8.35. The lowest BCUT2D eigenvalue weighted by atomic mass is 9.99. The quantitative estimate of drug-likeness (QED) is 0.281. The minimum absolute atomic E-state index is 0.0785. The lowest BCUT2D eigenvalue weighted by Crippen LogP contribution is -2.39. The number of carbonyl (C=O) groups is 1.